The molecule has 0 atom stereocenters. The monoisotopic (exact) mass is 343 g/mol. The molecule has 0 aliphatic carbocycles. The third kappa shape index (κ3) is 3.58. The van der Waals surface area contributed by atoms with E-state index in [4.69, 9.17) is 9.47 Å². The molecule has 2 aromatic carbocycles. The lowest BCUT2D eigenvalue weighted by molar-refractivity contribution is -0.139. The quantitative estimate of drug-likeness (QED) is 0.850. The summed E-state index contributed by atoms with van der Waals surface area (Å²) in [4.78, 5) is 12.4. The van der Waals surface area contributed by atoms with Crippen LogP contribution in [0.25, 0.3) is 0 Å². The lowest BCUT2D eigenvalue weighted by Crippen LogP contribution is -2.16. The topological polar surface area (TPSA) is 47.6 Å². The number of carbonyl (C=O) groups excluding carboxylic acids is 1. The highest BCUT2D eigenvalue weighted by Crippen LogP contribution is 2.34. The Morgan fingerprint density at radius 3 is 2.12 bits per heavy atom. The molecule has 0 unspecified atom stereocenters. The van der Waals surface area contributed by atoms with Gasteiger partial charge in [-0.1, -0.05) is 6.07 Å². The average molecular weight is 343 g/mol. The van der Waals surface area contributed by atoms with Gasteiger partial charge in [0.25, 0.3) is 5.91 Å². The third-order valence-electron chi connectivity index (χ3n) is 3.18. The number of hydrogen-bond acceptors (Lipinski definition) is 3. The largest absolute Gasteiger partial charge is 0.496 e. The van der Waals surface area contributed by atoms with Crippen molar-refractivity contribution in [3.63, 3.8) is 0 Å². The molecule has 0 bridgehead atoms. The molecule has 4 nitrogen and oxygen atoms in total. The second-order valence-electron chi connectivity index (χ2n) is 4.68. The molecule has 1 amide bonds. The zero-order valence-corrected chi connectivity index (χ0v) is 12.7. The zero-order valence-electron chi connectivity index (χ0n) is 12.7. The number of carbonyl (C=O) groups is 1. The van der Waals surface area contributed by atoms with E-state index in [1.165, 1.54) is 26.4 Å². The number of benzene rings is 2. The third-order valence-corrected chi connectivity index (χ3v) is 3.18. The first-order valence-corrected chi connectivity index (χ1v) is 6.67. The number of halogens is 4. The maximum absolute atomic E-state index is 13.3. The molecule has 0 spiro atoms. The molecule has 1 N–H and O–H groups in total. The maximum atomic E-state index is 13.3. The van der Waals surface area contributed by atoms with Gasteiger partial charge in [-0.2, -0.15) is 13.2 Å². The maximum Gasteiger partial charge on any atom is 0.419 e. The molecule has 24 heavy (non-hydrogen) atoms. The summed E-state index contributed by atoms with van der Waals surface area (Å²) in [5, 5.41) is 2.28. The van der Waals surface area contributed by atoms with Crippen LogP contribution in [0.2, 0.25) is 0 Å². The van der Waals surface area contributed by atoms with E-state index in [2.05, 4.69) is 5.32 Å². The molecule has 0 aromatic heterocycles. The Morgan fingerprint density at radius 1 is 1.04 bits per heavy atom. The van der Waals surface area contributed by atoms with Crippen molar-refractivity contribution in [2.45, 2.75) is 6.18 Å². The Hall–Kier alpha value is -2.77. The van der Waals surface area contributed by atoms with Crippen LogP contribution in [0.15, 0.2) is 36.4 Å². The summed E-state index contributed by atoms with van der Waals surface area (Å²) < 4.78 is 61.6. The van der Waals surface area contributed by atoms with Crippen LogP contribution in [0.1, 0.15) is 15.9 Å². The standard InChI is InChI=1S/C16H13F4NO3/c1-23-12-4-3-5-13(24-2)14(12)15(22)21-9-6-7-11(17)10(8-9)16(18,19)20/h3-8H,1-2H3,(H,21,22). The first-order chi connectivity index (χ1) is 11.3. The zero-order chi connectivity index (χ0) is 17.9. The van der Waals surface area contributed by atoms with Crippen LogP contribution < -0.4 is 14.8 Å². The highest BCUT2D eigenvalue weighted by atomic mass is 19.4. The molecule has 0 saturated carbocycles. The van der Waals surface area contributed by atoms with Gasteiger partial charge in [-0.25, -0.2) is 4.39 Å². The van der Waals surface area contributed by atoms with Gasteiger partial charge in [0.05, 0.1) is 19.8 Å². The van der Waals surface area contributed by atoms with E-state index in [9.17, 15) is 22.4 Å². The minimum Gasteiger partial charge on any atom is -0.496 e. The number of alkyl halides is 3. The predicted octanol–water partition coefficient (Wildman–Crippen LogP) is 4.11. The number of amides is 1. The summed E-state index contributed by atoms with van der Waals surface area (Å²) in [5.74, 6) is -1.80. The van der Waals surface area contributed by atoms with Crippen molar-refractivity contribution in [3.05, 3.63) is 53.3 Å². The molecular formula is C16H13F4NO3. The Balaban J connectivity index is 2.38. The molecule has 0 aliphatic rings. The molecule has 0 aliphatic heterocycles. The fraction of sp³-hybridized carbons (Fsp3) is 0.188. The fourth-order valence-electron chi connectivity index (χ4n) is 2.09. The van der Waals surface area contributed by atoms with Gasteiger partial charge in [0.2, 0.25) is 0 Å². The lowest BCUT2D eigenvalue weighted by atomic mass is 10.1. The number of hydrogen-bond donors (Lipinski definition) is 1. The predicted molar refractivity (Wildman–Crippen MR) is 78.9 cm³/mol. The molecule has 0 fully saturated rings. The minimum absolute atomic E-state index is 0.0142. The smallest absolute Gasteiger partial charge is 0.419 e. The second kappa shape index (κ2) is 6.77. The molecular weight excluding hydrogens is 330 g/mol. The highest BCUT2D eigenvalue weighted by molar-refractivity contribution is 6.08. The highest BCUT2D eigenvalue weighted by Gasteiger charge is 2.34. The molecule has 128 valence electrons. The average Bonchev–Trinajstić information content (AvgIpc) is 2.54. The molecule has 2 aromatic rings. The van der Waals surface area contributed by atoms with Crippen molar-refractivity contribution in [2.24, 2.45) is 0 Å². The van der Waals surface area contributed by atoms with E-state index in [1.807, 2.05) is 0 Å². The molecule has 0 saturated heterocycles. The number of methoxy groups -OCH3 is 2. The number of ether oxygens (including phenoxy) is 2. The van der Waals surface area contributed by atoms with Crippen molar-refractivity contribution in [1.29, 1.82) is 0 Å². The minimum atomic E-state index is -4.87. The number of rotatable bonds is 4. The van der Waals surface area contributed by atoms with E-state index >= 15 is 0 Å². The molecule has 0 heterocycles. The van der Waals surface area contributed by atoms with Crippen molar-refractivity contribution in [1.82, 2.24) is 0 Å². The summed E-state index contributed by atoms with van der Waals surface area (Å²) in [6, 6.07) is 6.79. The van der Waals surface area contributed by atoms with Crippen molar-refractivity contribution in [2.75, 3.05) is 19.5 Å². The molecule has 0 radical (unpaired) electrons. The summed E-state index contributed by atoms with van der Waals surface area (Å²) in [7, 11) is 2.68. The van der Waals surface area contributed by atoms with Gasteiger partial charge >= 0.3 is 6.18 Å². The Bertz CT molecular complexity index is 737. The fourth-order valence-corrected chi connectivity index (χ4v) is 2.09. The summed E-state index contributed by atoms with van der Waals surface area (Å²) >= 11 is 0. The normalized spacial score (nSPS) is 11.1. The van der Waals surface area contributed by atoms with Gasteiger partial charge in [-0.3, -0.25) is 4.79 Å². The van der Waals surface area contributed by atoms with E-state index in [0.717, 1.165) is 6.07 Å². The summed E-state index contributed by atoms with van der Waals surface area (Å²) in [6.45, 7) is 0. The van der Waals surface area contributed by atoms with Crippen LogP contribution >= 0.6 is 0 Å². The van der Waals surface area contributed by atoms with Crippen LogP contribution in [0.4, 0.5) is 23.2 Å². The van der Waals surface area contributed by atoms with Gasteiger partial charge in [0, 0.05) is 5.69 Å². The van der Waals surface area contributed by atoms with Gasteiger partial charge in [-0.15, -0.1) is 0 Å². The van der Waals surface area contributed by atoms with Gasteiger partial charge in [0.1, 0.15) is 22.9 Å². The molecule has 2 rings (SSSR count). The van der Waals surface area contributed by atoms with E-state index in [0.29, 0.717) is 12.1 Å². The lowest BCUT2D eigenvalue weighted by Gasteiger charge is -2.14. The van der Waals surface area contributed by atoms with Crippen molar-refractivity contribution in [3.8, 4) is 11.5 Å². The van der Waals surface area contributed by atoms with Crippen LogP contribution in [-0.4, -0.2) is 20.1 Å². The second-order valence-corrected chi connectivity index (χ2v) is 4.68. The Labute approximate surface area is 135 Å². The van der Waals surface area contributed by atoms with Gasteiger partial charge in [-0.05, 0) is 30.3 Å². The van der Waals surface area contributed by atoms with E-state index in [1.54, 1.807) is 6.07 Å². The summed E-state index contributed by atoms with van der Waals surface area (Å²) in [5.41, 5.74) is -1.66. The van der Waals surface area contributed by atoms with Crippen LogP contribution in [0.5, 0.6) is 11.5 Å². The first-order valence-electron chi connectivity index (χ1n) is 6.67. The Morgan fingerprint density at radius 2 is 1.62 bits per heavy atom. The van der Waals surface area contributed by atoms with E-state index in [-0.39, 0.29) is 22.7 Å². The number of anilines is 1. The molecule has 8 heteroatoms. The van der Waals surface area contributed by atoms with E-state index < -0.39 is 23.5 Å². The first kappa shape index (κ1) is 17.6. The Kier molecular flexibility index (Phi) is 4.96. The summed E-state index contributed by atoms with van der Waals surface area (Å²) in [6.07, 6.45) is -4.87. The van der Waals surface area contributed by atoms with Crippen LogP contribution in [0, 0.1) is 5.82 Å². The van der Waals surface area contributed by atoms with Gasteiger partial charge < -0.3 is 14.8 Å². The van der Waals surface area contributed by atoms with Crippen LogP contribution in [-0.2, 0) is 6.18 Å². The van der Waals surface area contributed by atoms with Crippen molar-refractivity contribution >= 4 is 11.6 Å². The van der Waals surface area contributed by atoms with Crippen LogP contribution in [0.3, 0.4) is 0 Å². The van der Waals surface area contributed by atoms with Crippen molar-refractivity contribution < 1.29 is 31.8 Å². The van der Waals surface area contributed by atoms with Gasteiger partial charge in [0.15, 0.2) is 0 Å². The SMILES string of the molecule is COc1cccc(OC)c1C(=O)Nc1ccc(F)c(C(F)(F)F)c1. The number of nitrogens with one attached hydrogen (secondary N) is 1.